The van der Waals surface area contributed by atoms with Gasteiger partial charge in [-0.25, -0.2) is 0 Å². The summed E-state index contributed by atoms with van der Waals surface area (Å²) in [6, 6.07) is 11.9. The fourth-order valence-corrected chi connectivity index (χ4v) is 5.62. The Morgan fingerprint density at radius 3 is 2.23 bits per heavy atom. The van der Waals surface area contributed by atoms with Crippen LogP contribution >= 0.6 is 23.2 Å². The molecular formula is C28H37Cl2NO4. The van der Waals surface area contributed by atoms with Gasteiger partial charge in [-0.15, -0.1) is 0 Å². The summed E-state index contributed by atoms with van der Waals surface area (Å²) in [5, 5.41) is 24.1. The number of hydrogen-bond acceptors (Lipinski definition) is 4. The van der Waals surface area contributed by atoms with E-state index in [0.717, 1.165) is 32.1 Å². The Morgan fingerprint density at radius 2 is 1.69 bits per heavy atom. The molecule has 1 unspecified atom stereocenters. The molecule has 0 amide bonds. The number of β-amino-alcohol motifs (C(OH)–C–C–N with tert-alkyl or cyclic N) is 1. The third-order valence-electron chi connectivity index (χ3n) is 7.62. The number of aliphatic carboxylic acids is 1. The zero-order valence-electron chi connectivity index (χ0n) is 21.0. The lowest BCUT2D eigenvalue weighted by Crippen LogP contribution is -2.51. The van der Waals surface area contributed by atoms with Crippen LogP contribution in [0.2, 0.25) is 10.0 Å². The zero-order valence-corrected chi connectivity index (χ0v) is 22.5. The van der Waals surface area contributed by atoms with Gasteiger partial charge in [0.1, 0.15) is 23.0 Å². The van der Waals surface area contributed by atoms with E-state index in [0.29, 0.717) is 23.8 Å². The Kier molecular flexibility index (Phi) is 9.50. The number of rotatable bonds is 12. The third kappa shape index (κ3) is 6.51. The third-order valence-corrected chi connectivity index (χ3v) is 8.50. The van der Waals surface area contributed by atoms with Crippen molar-refractivity contribution in [3.05, 3.63) is 63.1 Å². The molecule has 2 aromatic rings. The topological polar surface area (TPSA) is 78.8 Å². The second-order valence-electron chi connectivity index (χ2n) is 9.85. The molecule has 0 aliphatic heterocycles. The van der Waals surface area contributed by atoms with Gasteiger partial charge in [-0.2, -0.15) is 0 Å². The van der Waals surface area contributed by atoms with Crippen molar-refractivity contribution in [2.45, 2.75) is 83.5 Å². The van der Waals surface area contributed by atoms with Gasteiger partial charge in [0.25, 0.3) is 0 Å². The van der Waals surface area contributed by atoms with E-state index in [4.69, 9.17) is 27.9 Å². The number of hydrogen-bond donors (Lipinski definition) is 3. The number of carbonyl (C=O) groups is 1. The SMILES string of the molecule is CCC(CC)(CC1Cc2ccccc2C1)NC[C@@H](O)[C@@H](C)Oc1ccc(C(C)C(=O)O)c(Cl)c1Cl. The minimum atomic E-state index is -0.983. The van der Waals surface area contributed by atoms with Crippen LogP contribution in [-0.2, 0) is 17.6 Å². The summed E-state index contributed by atoms with van der Waals surface area (Å²) in [4.78, 5) is 11.3. The minimum Gasteiger partial charge on any atom is -0.486 e. The molecule has 7 heteroatoms. The molecule has 0 aromatic heterocycles. The molecule has 0 heterocycles. The summed E-state index contributed by atoms with van der Waals surface area (Å²) >= 11 is 12.7. The van der Waals surface area contributed by atoms with Crippen molar-refractivity contribution in [3.8, 4) is 5.75 Å². The van der Waals surface area contributed by atoms with E-state index in [9.17, 15) is 15.0 Å². The Morgan fingerprint density at radius 1 is 1.09 bits per heavy atom. The summed E-state index contributed by atoms with van der Waals surface area (Å²) in [5.41, 5.74) is 3.29. The molecule has 0 saturated carbocycles. The van der Waals surface area contributed by atoms with Crippen molar-refractivity contribution >= 4 is 29.2 Å². The van der Waals surface area contributed by atoms with Crippen molar-refractivity contribution in [1.82, 2.24) is 5.32 Å². The summed E-state index contributed by atoms with van der Waals surface area (Å²) in [6.45, 7) is 8.13. The highest BCUT2D eigenvalue weighted by Crippen LogP contribution is 2.39. The van der Waals surface area contributed by atoms with Gasteiger partial charge in [0.15, 0.2) is 0 Å². The summed E-state index contributed by atoms with van der Waals surface area (Å²) in [5.74, 6) is -0.850. The quantitative estimate of drug-likeness (QED) is 0.307. The maximum absolute atomic E-state index is 11.3. The van der Waals surface area contributed by atoms with Crippen LogP contribution in [0, 0.1) is 5.92 Å². The highest BCUT2D eigenvalue weighted by molar-refractivity contribution is 6.43. The van der Waals surface area contributed by atoms with Gasteiger partial charge < -0.3 is 20.3 Å². The summed E-state index contributed by atoms with van der Waals surface area (Å²) < 4.78 is 5.94. The molecule has 1 aliphatic carbocycles. The lowest BCUT2D eigenvalue weighted by Gasteiger charge is -2.37. The largest absolute Gasteiger partial charge is 0.486 e. The number of benzene rings is 2. The Hall–Kier alpha value is -1.79. The molecule has 3 N–H and O–H groups in total. The molecule has 0 bridgehead atoms. The standard InChI is InChI=1S/C28H37Cl2NO4/c1-5-28(6-2,15-19-13-20-9-7-8-10-21(20)14-19)31-16-23(32)18(4)35-24-12-11-22(17(3)27(33)34)25(29)26(24)30/h7-12,17-19,23,31-32H,5-6,13-16H2,1-4H3,(H,33,34)/t17?,18-,23-/m1/s1. The number of nitrogens with one attached hydrogen (secondary N) is 1. The van der Waals surface area contributed by atoms with Gasteiger partial charge >= 0.3 is 5.97 Å². The number of halogens is 2. The van der Waals surface area contributed by atoms with Gasteiger partial charge in [0, 0.05) is 12.1 Å². The first kappa shape index (κ1) is 27.8. The van der Waals surface area contributed by atoms with E-state index >= 15 is 0 Å². The molecular weight excluding hydrogens is 485 g/mol. The Labute approximate surface area is 218 Å². The van der Waals surface area contributed by atoms with E-state index < -0.39 is 24.1 Å². The van der Waals surface area contributed by atoms with Gasteiger partial charge in [0.05, 0.1) is 10.9 Å². The highest BCUT2D eigenvalue weighted by atomic mass is 35.5. The second kappa shape index (κ2) is 12.0. The van der Waals surface area contributed by atoms with Crippen LogP contribution in [0.1, 0.15) is 69.6 Å². The lowest BCUT2D eigenvalue weighted by molar-refractivity contribution is -0.138. The zero-order chi connectivity index (χ0) is 25.8. The predicted octanol–water partition coefficient (Wildman–Crippen LogP) is 6.26. The summed E-state index contributed by atoms with van der Waals surface area (Å²) in [6.07, 6.45) is 3.92. The van der Waals surface area contributed by atoms with Gasteiger partial charge in [-0.1, -0.05) is 67.4 Å². The molecule has 3 rings (SSSR count). The lowest BCUT2D eigenvalue weighted by atomic mass is 9.81. The molecule has 192 valence electrons. The molecule has 2 aromatic carbocycles. The Balaban J connectivity index is 1.60. The average molecular weight is 523 g/mol. The van der Waals surface area contributed by atoms with Crippen molar-refractivity contribution in [2.24, 2.45) is 5.92 Å². The van der Waals surface area contributed by atoms with E-state index in [1.54, 1.807) is 26.0 Å². The van der Waals surface area contributed by atoms with E-state index in [2.05, 4.69) is 43.4 Å². The predicted molar refractivity (Wildman–Crippen MR) is 142 cm³/mol. The molecule has 0 radical (unpaired) electrons. The highest BCUT2D eigenvalue weighted by Gasteiger charge is 2.33. The van der Waals surface area contributed by atoms with E-state index in [-0.39, 0.29) is 15.6 Å². The van der Waals surface area contributed by atoms with Crippen LogP contribution in [0.3, 0.4) is 0 Å². The molecule has 5 nitrogen and oxygen atoms in total. The van der Waals surface area contributed by atoms with Gasteiger partial charge in [-0.3, -0.25) is 4.79 Å². The number of fused-ring (bicyclic) bond motifs is 1. The molecule has 1 aliphatic rings. The number of aliphatic hydroxyl groups excluding tert-OH is 1. The minimum absolute atomic E-state index is 0.0526. The van der Waals surface area contributed by atoms with Crippen LogP contribution in [-0.4, -0.2) is 40.5 Å². The maximum atomic E-state index is 11.3. The molecule has 3 atom stereocenters. The van der Waals surface area contributed by atoms with Crippen molar-refractivity contribution in [1.29, 1.82) is 0 Å². The smallest absolute Gasteiger partial charge is 0.310 e. The fraction of sp³-hybridized carbons (Fsp3) is 0.536. The molecule has 0 fully saturated rings. The average Bonchev–Trinajstić information content (AvgIpc) is 3.26. The van der Waals surface area contributed by atoms with Gasteiger partial charge in [0.2, 0.25) is 0 Å². The first-order chi connectivity index (χ1) is 16.6. The first-order valence-corrected chi connectivity index (χ1v) is 13.2. The number of carboxylic acid groups (broad SMARTS) is 1. The number of carboxylic acids is 1. The van der Waals surface area contributed by atoms with Crippen LogP contribution in [0.4, 0.5) is 0 Å². The van der Waals surface area contributed by atoms with Crippen molar-refractivity contribution < 1.29 is 19.7 Å². The number of aliphatic hydroxyl groups is 1. The van der Waals surface area contributed by atoms with Crippen LogP contribution < -0.4 is 10.1 Å². The number of ether oxygens (including phenoxy) is 1. The van der Waals surface area contributed by atoms with Crippen LogP contribution in [0.25, 0.3) is 0 Å². The van der Waals surface area contributed by atoms with E-state index in [1.807, 2.05) is 0 Å². The second-order valence-corrected chi connectivity index (χ2v) is 10.6. The van der Waals surface area contributed by atoms with Crippen LogP contribution in [0.15, 0.2) is 36.4 Å². The molecule has 0 spiro atoms. The first-order valence-electron chi connectivity index (χ1n) is 12.5. The summed E-state index contributed by atoms with van der Waals surface area (Å²) in [7, 11) is 0. The molecule has 35 heavy (non-hydrogen) atoms. The van der Waals surface area contributed by atoms with Crippen molar-refractivity contribution in [3.63, 3.8) is 0 Å². The monoisotopic (exact) mass is 521 g/mol. The normalized spacial score (nSPS) is 16.5. The van der Waals surface area contributed by atoms with Gasteiger partial charge in [-0.05, 0) is 74.6 Å². The molecule has 0 saturated heterocycles. The van der Waals surface area contributed by atoms with Crippen LogP contribution in [0.5, 0.6) is 5.75 Å². The fourth-order valence-electron chi connectivity index (χ4n) is 5.08. The van der Waals surface area contributed by atoms with E-state index in [1.165, 1.54) is 11.1 Å². The Bertz CT molecular complexity index is 999. The van der Waals surface area contributed by atoms with Crippen molar-refractivity contribution in [2.75, 3.05) is 6.54 Å². The maximum Gasteiger partial charge on any atom is 0.310 e.